The fraction of sp³-hybridized carbons (Fsp3) is 0.400. The topological polar surface area (TPSA) is 28.2 Å². The molecule has 3 rings (SSSR count). The summed E-state index contributed by atoms with van der Waals surface area (Å²) >= 11 is 1.77. The molecule has 19 heavy (non-hydrogen) atoms. The van der Waals surface area contributed by atoms with Gasteiger partial charge in [-0.15, -0.1) is 11.3 Å². The number of thiazole rings is 1. The van der Waals surface area contributed by atoms with Gasteiger partial charge < -0.3 is 5.32 Å². The maximum atomic E-state index is 4.81. The molecule has 1 aromatic carbocycles. The highest BCUT2D eigenvalue weighted by molar-refractivity contribution is 7.10. The summed E-state index contributed by atoms with van der Waals surface area (Å²) in [5.41, 5.74) is 2.31. The SMILES string of the molecule is CC(c1nc(-c2ccccc2)cs1)N1CCNCC1. The van der Waals surface area contributed by atoms with Crippen LogP contribution in [0.4, 0.5) is 0 Å². The molecule has 0 amide bonds. The molecule has 0 aliphatic carbocycles. The Morgan fingerprint density at radius 3 is 2.68 bits per heavy atom. The molecule has 2 aromatic rings. The van der Waals surface area contributed by atoms with Crippen molar-refractivity contribution in [3.05, 3.63) is 40.7 Å². The Labute approximate surface area is 118 Å². The number of nitrogens with one attached hydrogen (secondary N) is 1. The van der Waals surface area contributed by atoms with Gasteiger partial charge in [-0.2, -0.15) is 0 Å². The summed E-state index contributed by atoms with van der Waals surface area (Å²) in [4.78, 5) is 7.32. The van der Waals surface area contributed by atoms with E-state index >= 15 is 0 Å². The summed E-state index contributed by atoms with van der Waals surface area (Å²) in [6, 6.07) is 10.8. The lowest BCUT2D eigenvalue weighted by Gasteiger charge is -2.31. The van der Waals surface area contributed by atoms with Gasteiger partial charge in [-0.3, -0.25) is 4.90 Å². The molecule has 1 N–H and O–H groups in total. The Hall–Kier alpha value is -1.23. The minimum Gasteiger partial charge on any atom is -0.314 e. The molecule has 0 spiro atoms. The Bertz CT molecular complexity index is 517. The van der Waals surface area contributed by atoms with Gasteiger partial charge in [0.1, 0.15) is 5.01 Å². The van der Waals surface area contributed by atoms with E-state index in [0.29, 0.717) is 6.04 Å². The third kappa shape index (κ3) is 2.86. The highest BCUT2D eigenvalue weighted by Gasteiger charge is 2.20. The van der Waals surface area contributed by atoms with Gasteiger partial charge in [-0.1, -0.05) is 30.3 Å². The Morgan fingerprint density at radius 2 is 1.95 bits per heavy atom. The summed E-state index contributed by atoms with van der Waals surface area (Å²) in [7, 11) is 0. The number of aromatic nitrogens is 1. The van der Waals surface area contributed by atoms with Crippen LogP contribution in [0.3, 0.4) is 0 Å². The number of rotatable bonds is 3. The molecule has 1 aliphatic rings. The molecular formula is C15H19N3S. The maximum absolute atomic E-state index is 4.81. The van der Waals surface area contributed by atoms with Crippen molar-refractivity contribution in [1.82, 2.24) is 15.2 Å². The smallest absolute Gasteiger partial charge is 0.110 e. The summed E-state index contributed by atoms with van der Waals surface area (Å²) in [5.74, 6) is 0. The fourth-order valence-corrected chi connectivity index (χ4v) is 3.36. The zero-order chi connectivity index (χ0) is 13.1. The van der Waals surface area contributed by atoms with Crippen LogP contribution < -0.4 is 5.32 Å². The minimum atomic E-state index is 0.421. The van der Waals surface area contributed by atoms with Crippen molar-refractivity contribution in [1.29, 1.82) is 0 Å². The van der Waals surface area contributed by atoms with E-state index < -0.39 is 0 Å². The summed E-state index contributed by atoms with van der Waals surface area (Å²) in [5, 5.41) is 6.79. The van der Waals surface area contributed by atoms with Crippen molar-refractivity contribution in [2.45, 2.75) is 13.0 Å². The second-order valence-electron chi connectivity index (χ2n) is 4.90. The number of piperazine rings is 1. The van der Waals surface area contributed by atoms with E-state index in [0.717, 1.165) is 31.9 Å². The molecule has 2 heterocycles. The van der Waals surface area contributed by atoms with Crippen LogP contribution in [0.2, 0.25) is 0 Å². The van der Waals surface area contributed by atoms with Crippen molar-refractivity contribution in [3.8, 4) is 11.3 Å². The standard InChI is InChI=1S/C15H19N3S/c1-12(18-9-7-16-8-10-18)15-17-14(11-19-15)13-5-3-2-4-6-13/h2-6,11-12,16H,7-10H2,1H3. The van der Waals surface area contributed by atoms with Crippen LogP contribution in [0, 0.1) is 0 Å². The van der Waals surface area contributed by atoms with Gasteiger partial charge in [0.25, 0.3) is 0 Å². The number of benzene rings is 1. The molecule has 1 unspecified atom stereocenters. The normalized spacial score (nSPS) is 18.4. The lowest BCUT2D eigenvalue weighted by atomic mass is 10.2. The van der Waals surface area contributed by atoms with Crippen molar-refractivity contribution < 1.29 is 0 Å². The second kappa shape index (κ2) is 5.82. The van der Waals surface area contributed by atoms with E-state index in [1.807, 2.05) is 6.07 Å². The molecule has 1 aromatic heterocycles. The van der Waals surface area contributed by atoms with Gasteiger partial charge in [0.05, 0.1) is 11.7 Å². The molecule has 4 heteroatoms. The van der Waals surface area contributed by atoms with E-state index in [1.165, 1.54) is 10.6 Å². The van der Waals surface area contributed by atoms with E-state index in [-0.39, 0.29) is 0 Å². The van der Waals surface area contributed by atoms with Crippen molar-refractivity contribution >= 4 is 11.3 Å². The van der Waals surface area contributed by atoms with Gasteiger partial charge in [0, 0.05) is 37.1 Å². The first-order valence-electron chi connectivity index (χ1n) is 6.80. The molecule has 100 valence electrons. The molecule has 1 atom stereocenters. The Balaban J connectivity index is 1.77. The Kier molecular flexibility index (Phi) is 3.92. The largest absolute Gasteiger partial charge is 0.314 e. The maximum Gasteiger partial charge on any atom is 0.110 e. The van der Waals surface area contributed by atoms with Crippen LogP contribution in [-0.2, 0) is 0 Å². The predicted octanol–water partition coefficient (Wildman–Crippen LogP) is 2.78. The van der Waals surface area contributed by atoms with E-state index in [4.69, 9.17) is 4.98 Å². The highest BCUT2D eigenvalue weighted by Crippen LogP contribution is 2.28. The average molecular weight is 273 g/mol. The molecular weight excluding hydrogens is 254 g/mol. The molecule has 0 radical (unpaired) electrons. The minimum absolute atomic E-state index is 0.421. The molecule has 1 aliphatic heterocycles. The predicted molar refractivity (Wildman–Crippen MR) is 80.4 cm³/mol. The summed E-state index contributed by atoms with van der Waals surface area (Å²) in [6.07, 6.45) is 0. The molecule has 0 bridgehead atoms. The second-order valence-corrected chi connectivity index (χ2v) is 5.79. The van der Waals surface area contributed by atoms with Crippen LogP contribution in [0.25, 0.3) is 11.3 Å². The van der Waals surface area contributed by atoms with Crippen LogP contribution in [0.5, 0.6) is 0 Å². The lowest BCUT2D eigenvalue weighted by molar-refractivity contribution is 0.185. The zero-order valence-electron chi connectivity index (χ0n) is 11.2. The molecule has 1 saturated heterocycles. The van der Waals surface area contributed by atoms with Crippen molar-refractivity contribution in [3.63, 3.8) is 0 Å². The summed E-state index contributed by atoms with van der Waals surface area (Å²) in [6.45, 7) is 6.66. The quantitative estimate of drug-likeness (QED) is 0.932. The first kappa shape index (κ1) is 12.8. The summed E-state index contributed by atoms with van der Waals surface area (Å²) < 4.78 is 0. The van der Waals surface area contributed by atoms with E-state index in [2.05, 4.69) is 46.8 Å². The van der Waals surface area contributed by atoms with Gasteiger partial charge in [0.2, 0.25) is 0 Å². The van der Waals surface area contributed by atoms with E-state index in [9.17, 15) is 0 Å². The molecule has 1 fully saturated rings. The van der Waals surface area contributed by atoms with Crippen LogP contribution in [0.1, 0.15) is 18.0 Å². The van der Waals surface area contributed by atoms with E-state index in [1.54, 1.807) is 11.3 Å². The zero-order valence-corrected chi connectivity index (χ0v) is 12.0. The van der Waals surface area contributed by atoms with Crippen LogP contribution >= 0.6 is 11.3 Å². The fourth-order valence-electron chi connectivity index (χ4n) is 2.45. The number of nitrogens with zero attached hydrogens (tertiary/aromatic N) is 2. The molecule has 0 saturated carbocycles. The van der Waals surface area contributed by atoms with Crippen LogP contribution in [-0.4, -0.2) is 36.1 Å². The van der Waals surface area contributed by atoms with Gasteiger partial charge in [-0.25, -0.2) is 4.98 Å². The van der Waals surface area contributed by atoms with Gasteiger partial charge >= 0.3 is 0 Å². The van der Waals surface area contributed by atoms with Gasteiger partial charge in [0.15, 0.2) is 0 Å². The first-order chi connectivity index (χ1) is 9.34. The van der Waals surface area contributed by atoms with Gasteiger partial charge in [-0.05, 0) is 6.92 Å². The number of hydrogen-bond acceptors (Lipinski definition) is 4. The monoisotopic (exact) mass is 273 g/mol. The average Bonchev–Trinajstić information content (AvgIpc) is 2.98. The Morgan fingerprint density at radius 1 is 1.21 bits per heavy atom. The molecule has 3 nitrogen and oxygen atoms in total. The number of hydrogen-bond donors (Lipinski definition) is 1. The lowest BCUT2D eigenvalue weighted by Crippen LogP contribution is -2.44. The third-order valence-electron chi connectivity index (χ3n) is 3.65. The third-order valence-corrected chi connectivity index (χ3v) is 4.66. The van der Waals surface area contributed by atoms with Crippen LogP contribution in [0.15, 0.2) is 35.7 Å². The van der Waals surface area contributed by atoms with Crippen molar-refractivity contribution in [2.75, 3.05) is 26.2 Å². The van der Waals surface area contributed by atoms with Crippen molar-refractivity contribution in [2.24, 2.45) is 0 Å². The first-order valence-corrected chi connectivity index (χ1v) is 7.68. The highest BCUT2D eigenvalue weighted by atomic mass is 32.1.